The van der Waals surface area contributed by atoms with Gasteiger partial charge in [0.15, 0.2) is 0 Å². The van der Waals surface area contributed by atoms with Crippen LogP contribution in [-0.4, -0.2) is 32.0 Å². The van der Waals surface area contributed by atoms with E-state index in [0.717, 1.165) is 27.8 Å². The average Bonchev–Trinajstić information content (AvgIpc) is 2.76. The van der Waals surface area contributed by atoms with Crippen molar-refractivity contribution in [3.8, 4) is 0 Å². The van der Waals surface area contributed by atoms with Crippen LogP contribution in [0, 0.1) is 10.1 Å². The molecular formula is C22H21N3O5S. The van der Waals surface area contributed by atoms with Gasteiger partial charge >= 0.3 is 0 Å². The second-order valence-electron chi connectivity index (χ2n) is 6.87. The molecule has 0 aliphatic heterocycles. The summed E-state index contributed by atoms with van der Waals surface area (Å²) in [6.45, 7) is -0.518. The zero-order valence-electron chi connectivity index (χ0n) is 16.7. The molecule has 1 N–H and O–H groups in total. The molecule has 3 aromatic rings. The molecule has 0 heterocycles. The smallest absolute Gasteiger partial charge is 0.271 e. The minimum atomic E-state index is -3.87. The van der Waals surface area contributed by atoms with Crippen molar-refractivity contribution >= 4 is 27.3 Å². The fraction of sp³-hybridized carbons (Fsp3) is 0.136. The molecule has 0 aromatic heterocycles. The van der Waals surface area contributed by atoms with Gasteiger partial charge in [0.25, 0.3) is 5.69 Å². The molecule has 3 aromatic carbocycles. The number of non-ortho nitro benzene ring substituents is 1. The molecule has 0 saturated carbocycles. The molecule has 31 heavy (non-hydrogen) atoms. The Hall–Kier alpha value is -3.72. The van der Waals surface area contributed by atoms with E-state index >= 15 is 0 Å². The first kappa shape index (κ1) is 22.0. The van der Waals surface area contributed by atoms with Gasteiger partial charge in [-0.25, -0.2) is 8.42 Å². The van der Waals surface area contributed by atoms with Crippen LogP contribution in [-0.2, 0) is 14.8 Å². The average molecular weight is 439 g/mol. The molecule has 3 rings (SSSR count). The molecule has 0 saturated heterocycles. The summed E-state index contributed by atoms with van der Waals surface area (Å²) >= 11 is 0. The van der Waals surface area contributed by atoms with Crippen LogP contribution < -0.4 is 9.62 Å². The second-order valence-corrected chi connectivity index (χ2v) is 8.78. The highest BCUT2D eigenvalue weighted by Gasteiger charge is 2.24. The normalized spacial score (nSPS) is 11.2. The van der Waals surface area contributed by atoms with Crippen molar-refractivity contribution in [2.75, 3.05) is 17.1 Å². The molecule has 160 valence electrons. The number of sulfonamides is 1. The first-order chi connectivity index (χ1) is 14.8. The molecule has 0 radical (unpaired) electrons. The second kappa shape index (κ2) is 9.40. The minimum Gasteiger partial charge on any atom is -0.344 e. The summed E-state index contributed by atoms with van der Waals surface area (Å²) in [6, 6.07) is 23.3. The van der Waals surface area contributed by atoms with Crippen molar-refractivity contribution in [3.05, 3.63) is 106 Å². The van der Waals surface area contributed by atoms with E-state index in [1.807, 2.05) is 60.7 Å². The van der Waals surface area contributed by atoms with Crippen molar-refractivity contribution in [1.29, 1.82) is 0 Å². The maximum atomic E-state index is 12.9. The van der Waals surface area contributed by atoms with Gasteiger partial charge in [-0.05, 0) is 17.2 Å². The number of benzene rings is 3. The van der Waals surface area contributed by atoms with Gasteiger partial charge in [0.2, 0.25) is 15.9 Å². The summed E-state index contributed by atoms with van der Waals surface area (Å²) in [7, 11) is -3.87. The molecule has 0 aliphatic carbocycles. The third-order valence-corrected chi connectivity index (χ3v) is 5.73. The van der Waals surface area contributed by atoms with Crippen LogP contribution in [0.2, 0.25) is 0 Å². The number of nitro benzene ring substituents is 1. The van der Waals surface area contributed by atoms with Gasteiger partial charge in [-0.15, -0.1) is 0 Å². The van der Waals surface area contributed by atoms with Crippen molar-refractivity contribution in [2.24, 2.45) is 0 Å². The Morgan fingerprint density at radius 3 is 2.00 bits per heavy atom. The van der Waals surface area contributed by atoms with Crippen LogP contribution in [0.3, 0.4) is 0 Å². The fourth-order valence-electron chi connectivity index (χ4n) is 3.15. The quantitative estimate of drug-likeness (QED) is 0.428. The third-order valence-electron chi connectivity index (χ3n) is 4.59. The number of hydrogen-bond acceptors (Lipinski definition) is 5. The summed E-state index contributed by atoms with van der Waals surface area (Å²) in [4.78, 5) is 23.3. The van der Waals surface area contributed by atoms with E-state index in [9.17, 15) is 23.3 Å². The van der Waals surface area contributed by atoms with Crippen LogP contribution >= 0.6 is 0 Å². The molecule has 8 nitrogen and oxygen atoms in total. The van der Waals surface area contributed by atoms with Gasteiger partial charge in [-0.2, -0.15) is 0 Å². The highest BCUT2D eigenvalue weighted by molar-refractivity contribution is 7.92. The molecule has 0 bridgehead atoms. The fourth-order valence-corrected chi connectivity index (χ4v) is 4.00. The van der Waals surface area contributed by atoms with E-state index in [1.165, 1.54) is 18.2 Å². The van der Waals surface area contributed by atoms with E-state index < -0.39 is 33.4 Å². The zero-order chi connectivity index (χ0) is 22.4. The van der Waals surface area contributed by atoms with E-state index in [4.69, 9.17) is 0 Å². The summed E-state index contributed by atoms with van der Waals surface area (Å²) < 4.78 is 25.6. The lowest BCUT2D eigenvalue weighted by molar-refractivity contribution is -0.384. The van der Waals surface area contributed by atoms with Crippen molar-refractivity contribution in [1.82, 2.24) is 5.32 Å². The number of nitrogens with one attached hydrogen (secondary N) is 1. The Balaban J connectivity index is 1.89. The Bertz CT molecular complexity index is 1130. The molecule has 0 fully saturated rings. The Morgan fingerprint density at radius 1 is 0.968 bits per heavy atom. The van der Waals surface area contributed by atoms with E-state index in [2.05, 4.69) is 5.32 Å². The number of hydrogen-bond donors (Lipinski definition) is 1. The third kappa shape index (κ3) is 5.67. The van der Waals surface area contributed by atoms with Crippen LogP contribution in [0.15, 0.2) is 84.9 Å². The SMILES string of the molecule is CS(=O)(=O)N(CC(=O)NC(c1ccccc1)c1ccccc1)c1cccc([N+](=O)[O-])c1. The molecule has 0 unspecified atom stereocenters. The van der Waals surface area contributed by atoms with Crippen molar-refractivity contribution in [2.45, 2.75) is 6.04 Å². The highest BCUT2D eigenvalue weighted by Crippen LogP contribution is 2.24. The van der Waals surface area contributed by atoms with E-state index in [-0.39, 0.29) is 11.4 Å². The predicted octanol–water partition coefficient (Wildman–Crippen LogP) is 3.27. The van der Waals surface area contributed by atoms with Crippen molar-refractivity contribution < 1.29 is 18.1 Å². The largest absolute Gasteiger partial charge is 0.344 e. The van der Waals surface area contributed by atoms with E-state index in [1.54, 1.807) is 0 Å². The van der Waals surface area contributed by atoms with Gasteiger partial charge in [-0.3, -0.25) is 19.2 Å². The number of anilines is 1. The van der Waals surface area contributed by atoms with Gasteiger partial charge in [-0.1, -0.05) is 66.7 Å². The van der Waals surface area contributed by atoms with Crippen molar-refractivity contribution in [3.63, 3.8) is 0 Å². The van der Waals surface area contributed by atoms with Crippen LogP contribution in [0.25, 0.3) is 0 Å². The van der Waals surface area contributed by atoms with Crippen LogP contribution in [0.4, 0.5) is 11.4 Å². The zero-order valence-corrected chi connectivity index (χ0v) is 17.5. The predicted molar refractivity (Wildman–Crippen MR) is 118 cm³/mol. The summed E-state index contributed by atoms with van der Waals surface area (Å²) in [5.41, 5.74) is 1.45. The maximum Gasteiger partial charge on any atom is 0.271 e. The topological polar surface area (TPSA) is 110 Å². The molecule has 1 amide bonds. The molecular weight excluding hydrogens is 418 g/mol. The highest BCUT2D eigenvalue weighted by atomic mass is 32.2. The summed E-state index contributed by atoms with van der Waals surface area (Å²) in [6.07, 6.45) is 0.949. The molecule has 0 atom stereocenters. The minimum absolute atomic E-state index is 0.0443. The van der Waals surface area contributed by atoms with E-state index in [0.29, 0.717) is 0 Å². The lowest BCUT2D eigenvalue weighted by atomic mass is 9.99. The Labute approximate surface area is 180 Å². The monoisotopic (exact) mass is 439 g/mol. The lowest BCUT2D eigenvalue weighted by Crippen LogP contribution is -2.41. The van der Waals surface area contributed by atoms with Gasteiger partial charge in [0.05, 0.1) is 22.9 Å². The number of nitrogens with zero attached hydrogens (tertiary/aromatic N) is 2. The number of carbonyl (C=O) groups is 1. The first-order valence-corrected chi connectivity index (χ1v) is 11.2. The lowest BCUT2D eigenvalue weighted by Gasteiger charge is -2.24. The standard InChI is InChI=1S/C22H21N3O5S/c1-31(29,30)24(19-13-8-14-20(15-19)25(27)28)16-21(26)23-22(17-9-4-2-5-10-17)18-11-6-3-7-12-18/h2-15,22H,16H2,1H3,(H,23,26). The Kier molecular flexibility index (Phi) is 6.66. The summed E-state index contributed by atoms with van der Waals surface area (Å²) in [5, 5.41) is 13.9. The maximum absolute atomic E-state index is 12.9. The summed E-state index contributed by atoms with van der Waals surface area (Å²) in [5.74, 6) is -0.547. The van der Waals surface area contributed by atoms with Gasteiger partial charge < -0.3 is 5.32 Å². The number of rotatable bonds is 8. The first-order valence-electron chi connectivity index (χ1n) is 9.37. The molecule has 0 aliphatic rings. The van der Waals surface area contributed by atoms with Crippen LogP contribution in [0.1, 0.15) is 17.2 Å². The number of nitro groups is 1. The number of amides is 1. The molecule has 9 heteroatoms. The Morgan fingerprint density at radius 2 is 1.52 bits per heavy atom. The number of carbonyl (C=O) groups excluding carboxylic acids is 1. The molecule has 0 spiro atoms. The van der Waals surface area contributed by atoms with Crippen LogP contribution in [0.5, 0.6) is 0 Å². The van der Waals surface area contributed by atoms with Gasteiger partial charge in [0.1, 0.15) is 6.54 Å². The van der Waals surface area contributed by atoms with Gasteiger partial charge in [0, 0.05) is 12.1 Å².